The van der Waals surface area contributed by atoms with Gasteiger partial charge in [-0.3, -0.25) is 4.79 Å². The number of hydrogen-bond acceptors (Lipinski definition) is 3. The van der Waals surface area contributed by atoms with Crippen molar-refractivity contribution in [3.05, 3.63) is 81.1 Å². The summed E-state index contributed by atoms with van der Waals surface area (Å²) in [5.41, 5.74) is 9.35. The molecule has 6 heteroatoms. The molecule has 1 aromatic heterocycles. The zero-order chi connectivity index (χ0) is 21.0. The van der Waals surface area contributed by atoms with Gasteiger partial charge in [0, 0.05) is 32.0 Å². The molecule has 0 aliphatic rings. The highest BCUT2D eigenvalue weighted by Crippen LogP contribution is 2.31. The monoisotopic (exact) mass is 469 g/mol. The summed E-state index contributed by atoms with van der Waals surface area (Å²) in [7, 11) is 0. The summed E-state index contributed by atoms with van der Waals surface area (Å²) in [6.45, 7) is 8.35. The van der Waals surface area contributed by atoms with E-state index in [-0.39, 0.29) is 5.91 Å². The molecule has 0 fully saturated rings. The number of nitrogens with zero attached hydrogens (tertiary/aromatic N) is 2. The Kier molecular flexibility index (Phi) is 6.98. The first-order chi connectivity index (χ1) is 13.9. The summed E-state index contributed by atoms with van der Waals surface area (Å²) in [6, 6.07) is 16.3. The number of halogens is 1. The largest absolute Gasteiger partial charge is 0.316 e. The summed E-state index contributed by atoms with van der Waals surface area (Å²) >= 11 is 5.18. The number of nitrogens with one attached hydrogen (secondary N) is 1. The van der Waals surface area contributed by atoms with E-state index in [0.717, 1.165) is 32.0 Å². The summed E-state index contributed by atoms with van der Waals surface area (Å²) < 4.78 is 3.19. The lowest BCUT2D eigenvalue weighted by Gasteiger charge is -2.13. The minimum atomic E-state index is -0.130. The Morgan fingerprint density at radius 3 is 2.52 bits per heavy atom. The van der Waals surface area contributed by atoms with E-state index in [1.165, 1.54) is 22.9 Å². The SMILES string of the molecule is Cc1ccc(-n2c(C)c(Br)c(/C=N\NC(=O)CSc3ccccc3)c2C)c(C)c1. The molecule has 1 amide bonds. The molecule has 0 radical (unpaired) electrons. The maximum Gasteiger partial charge on any atom is 0.250 e. The molecule has 150 valence electrons. The fourth-order valence-corrected chi connectivity index (χ4v) is 4.54. The molecular formula is C23H24BrN3OS. The lowest BCUT2D eigenvalue weighted by atomic mass is 10.1. The van der Waals surface area contributed by atoms with Crippen LogP contribution in [0.25, 0.3) is 5.69 Å². The number of aryl methyl sites for hydroxylation is 2. The lowest BCUT2D eigenvalue weighted by molar-refractivity contribution is -0.118. The smallest absolute Gasteiger partial charge is 0.250 e. The summed E-state index contributed by atoms with van der Waals surface area (Å²) in [6.07, 6.45) is 1.71. The lowest BCUT2D eigenvalue weighted by Crippen LogP contribution is -2.19. The van der Waals surface area contributed by atoms with Crippen molar-refractivity contribution in [3.8, 4) is 5.69 Å². The fourth-order valence-electron chi connectivity index (χ4n) is 3.26. The van der Waals surface area contributed by atoms with Gasteiger partial charge >= 0.3 is 0 Å². The van der Waals surface area contributed by atoms with Crippen molar-refractivity contribution in [1.29, 1.82) is 0 Å². The zero-order valence-corrected chi connectivity index (χ0v) is 19.4. The first-order valence-electron chi connectivity index (χ1n) is 9.33. The summed E-state index contributed by atoms with van der Waals surface area (Å²) in [5, 5.41) is 4.18. The van der Waals surface area contributed by atoms with Crippen LogP contribution in [0.1, 0.15) is 28.1 Å². The molecule has 3 rings (SSSR count). The molecule has 0 bridgehead atoms. The number of benzene rings is 2. The van der Waals surface area contributed by atoms with Crippen molar-refractivity contribution in [1.82, 2.24) is 9.99 Å². The molecule has 0 spiro atoms. The van der Waals surface area contributed by atoms with Gasteiger partial charge in [-0.25, -0.2) is 5.43 Å². The van der Waals surface area contributed by atoms with Crippen LogP contribution in [0.4, 0.5) is 0 Å². The predicted octanol–water partition coefficient (Wildman–Crippen LogP) is 5.72. The van der Waals surface area contributed by atoms with Gasteiger partial charge in [0.05, 0.1) is 12.0 Å². The minimum Gasteiger partial charge on any atom is -0.316 e. The summed E-state index contributed by atoms with van der Waals surface area (Å²) in [5.74, 6) is 0.193. The molecule has 0 aliphatic heterocycles. The molecule has 1 heterocycles. The number of thioether (sulfide) groups is 1. The van der Waals surface area contributed by atoms with E-state index >= 15 is 0 Å². The van der Waals surface area contributed by atoms with Crippen LogP contribution in [0.3, 0.4) is 0 Å². The van der Waals surface area contributed by atoms with Gasteiger partial charge in [-0.05, 0) is 67.4 Å². The van der Waals surface area contributed by atoms with E-state index in [9.17, 15) is 4.79 Å². The minimum absolute atomic E-state index is 0.130. The van der Waals surface area contributed by atoms with Crippen molar-refractivity contribution >= 4 is 39.8 Å². The molecule has 1 N–H and O–H groups in total. The molecule has 3 aromatic rings. The summed E-state index contributed by atoms with van der Waals surface area (Å²) in [4.78, 5) is 13.1. The normalized spacial score (nSPS) is 11.2. The number of hydrogen-bond donors (Lipinski definition) is 1. The van der Waals surface area contributed by atoms with Crippen LogP contribution < -0.4 is 5.43 Å². The van der Waals surface area contributed by atoms with Gasteiger partial charge in [0.1, 0.15) is 0 Å². The van der Waals surface area contributed by atoms with Gasteiger partial charge in [-0.15, -0.1) is 11.8 Å². The van der Waals surface area contributed by atoms with Crippen LogP contribution in [-0.4, -0.2) is 22.4 Å². The fraction of sp³-hybridized carbons (Fsp3) is 0.217. The van der Waals surface area contributed by atoms with E-state index in [0.29, 0.717) is 5.75 Å². The van der Waals surface area contributed by atoms with Crippen LogP contribution in [0.5, 0.6) is 0 Å². The number of hydrazone groups is 1. The first kappa shape index (κ1) is 21.4. The maximum atomic E-state index is 12.1. The highest BCUT2D eigenvalue weighted by molar-refractivity contribution is 9.10. The predicted molar refractivity (Wildman–Crippen MR) is 125 cm³/mol. The Labute approximate surface area is 184 Å². The number of aromatic nitrogens is 1. The van der Waals surface area contributed by atoms with E-state index in [1.807, 2.05) is 30.3 Å². The molecule has 0 saturated heterocycles. The first-order valence-corrected chi connectivity index (χ1v) is 11.1. The van der Waals surface area contributed by atoms with Gasteiger partial charge in [-0.1, -0.05) is 35.9 Å². The van der Waals surface area contributed by atoms with Crippen molar-refractivity contribution < 1.29 is 4.79 Å². The number of carbonyl (C=O) groups excluding carboxylic acids is 1. The number of carbonyl (C=O) groups is 1. The Morgan fingerprint density at radius 2 is 1.83 bits per heavy atom. The van der Waals surface area contributed by atoms with Crippen LogP contribution in [0.2, 0.25) is 0 Å². The van der Waals surface area contributed by atoms with Crippen LogP contribution in [0, 0.1) is 27.7 Å². The second-order valence-corrected chi connectivity index (χ2v) is 8.76. The molecular weight excluding hydrogens is 446 g/mol. The molecule has 2 aromatic carbocycles. The average Bonchev–Trinajstić information content (AvgIpc) is 2.91. The highest BCUT2D eigenvalue weighted by atomic mass is 79.9. The van der Waals surface area contributed by atoms with Crippen molar-refractivity contribution in [2.24, 2.45) is 5.10 Å². The van der Waals surface area contributed by atoms with Gasteiger partial charge in [0.25, 0.3) is 0 Å². The Hall–Kier alpha value is -2.31. The molecule has 0 saturated carbocycles. The van der Waals surface area contributed by atoms with E-state index < -0.39 is 0 Å². The van der Waals surface area contributed by atoms with Crippen LogP contribution in [-0.2, 0) is 4.79 Å². The average molecular weight is 470 g/mol. The third-order valence-corrected chi connectivity index (χ3v) is 6.72. The highest BCUT2D eigenvalue weighted by Gasteiger charge is 2.17. The Bertz CT molecular complexity index is 1060. The number of amides is 1. The quantitative estimate of drug-likeness (QED) is 0.285. The van der Waals surface area contributed by atoms with Gasteiger partial charge in [0.15, 0.2) is 0 Å². The standard InChI is InChI=1S/C23H24BrN3OS/c1-15-10-11-21(16(2)12-15)27-17(3)20(23(24)18(27)4)13-25-26-22(28)14-29-19-8-6-5-7-9-19/h5-13H,14H2,1-4H3,(H,26,28)/b25-13-. The Balaban J connectivity index is 1.73. The van der Waals surface area contributed by atoms with Crippen LogP contribution in [0.15, 0.2) is 63.0 Å². The molecule has 29 heavy (non-hydrogen) atoms. The topological polar surface area (TPSA) is 46.4 Å². The van der Waals surface area contributed by atoms with Crippen molar-refractivity contribution in [3.63, 3.8) is 0 Å². The number of rotatable bonds is 6. The zero-order valence-electron chi connectivity index (χ0n) is 17.0. The third kappa shape index (κ3) is 5.00. The van der Waals surface area contributed by atoms with E-state index in [4.69, 9.17) is 0 Å². The molecule has 0 atom stereocenters. The van der Waals surface area contributed by atoms with Crippen molar-refractivity contribution in [2.45, 2.75) is 32.6 Å². The molecule has 0 unspecified atom stereocenters. The molecule has 0 aliphatic carbocycles. The maximum absolute atomic E-state index is 12.1. The van der Waals surface area contributed by atoms with Gasteiger partial charge < -0.3 is 4.57 Å². The second-order valence-electron chi connectivity index (χ2n) is 6.92. The van der Waals surface area contributed by atoms with Gasteiger partial charge in [0.2, 0.25) is 5.91 Å². The van der Waals surface area contributed by atoms with Gasteiger partial charge in [-0.2, -0.15) is 5.10 Å². The van der Waals surface area contributed by atoms with Crippen LogP contribution >= 0.6 is 27.7 Å². The van der Waals surface area contributed by atoms with Crippen molar-refractivity contribution in [2.75, 3.05) is 5.75 Å². The second kappa shape index (κ2) is 9.46. The van der Waals surface area contributed by atoms with E-state index in [1.54, 1.807) is 6.21 Å². The van der Waals surface area contributed by atoms with E-state index in [2.05, 4.69) is 76.9 Å². The third-order valence-electron chi connectivity index (χ3n) is 4.70. The Morgan fingerprint density at radius 1 is 1.10 bits per heavy atom. The molecule has 4 nitrogen and oxygen atoms in total.